The van der Waals surface area contributed by atoms with E-state index in [1.807, 2.05) is 6.07 Å². The van der Waals surface area contributed by atoms with Gasteiger partial charge in [0.2, 0.25) is 0 Å². The molecule has 106 valence electrons. The smallest absolute Gasteiger partial charge is 0.422 e. The van der Waals surface area contributed by atoms with Gasteiger partial charge in [-0.25, -0.2) is 0 Å². The van der Waals surface area contributed by atoms with E-state index in [9.17, 15) is 17.7 Å². The van der Waals surface area contributed by atoms with Crippen molar-refractivity contribution < 1.29 is 22.5 Å². The Labute approximate surface area is 117 Å². The number of halogens is 3. The quantitative estimate of drug-likeness (QED) is 0.805. The first-order valence-corrected chi connectivity index (χ1v) is 6.87. The molecule has 2 aromatic carbocycles. The van der Waals surface area contributed by atoms with E-state index in [0.29, 0.717) is 9.79 Å². The highest BCUT2D eigenvalue weighted by Crippen LogP contribution is 2.24. The Morgan fingerprint density at radius 1 is 0.900 bits per heavy atom. The van der Waals surface area contributed by atoms with E-state index < -0.39 is 24.0 Å². The normalized spacial score (nSPS) is 13.0. The minimum Gasteiger partial charge on any atom is -0.606 e. The Bertz CT molecular complexity index is 541. The lowest BCUT2D eigenvalue weighted by Crippen LogP contribution is -2.19. The molecular weight excluding hydrogens is 289 g/mol. The maximum absolute atomic E-state index is 12.2. The average molecular weight is 300 g/mol. The summed E-state index contributed by atoms with van der Waals surface area (Å²) in [6, 6.07) is 14.6. The number of benzene rings is 2. The van der Waals surface area contributed by atoms with Gasteiger partial charge in [0.25, 0.3) is 0 Å². The van der Waals surface area contributed by atoms with Crippen LogP contribution in [0.1, 0.15) is 0 Å². The summed E-state index contributed by atoms with van der Waals surface area (Å²) in [6.07, 6.45) is -4.37. The predicted molar refractivity (Wildman–Crippen MR) is 69.1 cm³/mol. The zero-order valence-corrected chi connectivity index (χ0v) is 11.1. The minimum atomic E-state index is -4.37. The van der Waals surface area contributed by atoms with Crippen LogP contribution in [-0.4, -0.2) is 17.3 Å². The van der Waals surface area contributed by atoms with Crippen LogP contribution in [-0.2, 0) is 11.2 Å². The number of alkyl halides is 3. The van der Waals surface area contributed by atoms with Crippen LogP contribution in [0.25, 0.3) is 0 Å². The molecule has 0 fully saturated rings. The molecule has 0 spiro atoms. The first-order valence-electron chi connectivity index (χ1n) is 5.72. The van der Waals surface area contributed by atoms with Gasteiger partial charge in [0, 0.05) is 11.2 Å². The van der Waals surface area contributed by atoms with Gasteiger partial charge in [-0.05, 0) is 36.4 Å². The lowest BCUT2D eigenvalue weighted by atomic mass is 10.3. The average Bonchev–Trinajstić information content (AvgIpc) is 2.45. The second kappa shape index (κ2) is 6.19. The summed E-state index contributed by atoms with van der Waals surface area (Å²) < 4.78 is 52.7. The summed E-state index contributed by atoms with van der Waals surface area (Å²) in [4.78, 5) is 1.15. The molecule has 0 saturated carbocycles. The van der Waals surface area contributed by atoms with Crippen molar-refractivity contribution in [1.82, 2.24) is 0 Å². The third-order valence-electron chi connectivity index (χ3n) is 2.40. The van der Waals surface area contributed by atoms with Gasteiger partial charge in [-0.2, -0.15) is 13.2 Å². The van der Waals surface area contributed by atoms with Crippen molar-refractivity contribution in [3.63, 3.8) is 0 Å². The lowest BCUT2D eigenvalue weighted by molar-refractivity contribution is -0.153. The molecular formula is C14H11F3O2S. The molecule has 0 aliphatic heterocycles. The molecule has 1 unspecified atom stereocenters. The lowest BCUT2D eigenvalue weighted by Gasteiger charge is -2.11. The first-order chi connectivity index (χ1) is 9.46. The van der Waals surface area contributed by atoms with Crippen LogP contribution in [0, 0.1) is 0 Å². The van der Waals surface area contributed by atoms with Gasteiger partial charge in [-0.1, -0.05) is 18.2 Å². The van der Waals surface area contributed by atoms with Gasteiger partial charge < -0.3 is 9.29 Å². The summed E-state index contributed by atoms with van der Waals surface area (Å²) in [5, 5.41) is 0. The highest BCUT2D eigenvalue weighted by atomic mass is 32.2. The highest BCUT2D eigenvalue weighted by Gasteiger charge is 2.28. The van der Waals surface area contributed by atoms with Gasteiger partial charge in [0.1, 0.15) is 5.75 Å². The zero-order chi connectivity index (χ0) is 14.6. The van der Waals surface area contributed by atoms with Crippen LogP contribution in [0.15, 0.2) is 64.4 Å². The summed E-state index contributed by atoms with van der Waals surface area (Å²) >= 11 is -1.35. The van der Waals surface area contributed by atoms with Crippen molar-refractivity contribution in [1.29, 1.82) is 0 Å². The molecule has 0 saturated heterocycles. The molecule has 20 heavy (non-hydrogen) atoms. The van der Waals surface area contributed by atoms with Gasteiger partial charge >= 0.3 is 6.18 Å². The van der Waals surface area contributed by atoms with Crippen LogP contribution in [0.5, 0.6) is 5.75 Å². The van der Waals surface area contributed by atoms with Gasteiger partial charge in [0.15, 0.2) is 16.4 Å². The maximum Gasteiger partial charge on any atom is 0.422 e. The van der Waals surface area contributed by atoms with Crippen LogP contribution in [0.2, 0.25) is 0 Å². The summed E-state index contributed by atoms with van der Waals surface area (Å²) in [6.45, 7) is -1.34. The minimum absolute atomic E-state index is 0.0936. The van der Waals surface area contributed by atoms with Crippen molar-refractivity contribution in [3.05, 3.63) is 54.6 Å². The van der Waals surface area contributed by atoms with E-state index in [1.54, 1.807) is 24.3 Å². The largest absolute Gasteiger partial charge is 0.606 e. The van der Waals surface area contributed by atoms with E-state index in [1.165, 1.54) is 24.3 Å². The zero-order valence-electron chi connectivity index (χ0n) is 10.3. The van der Waals surface area contributed by atoms with Crippen molar-refractivity contribution in [3.8, 4) is 5.75 Å². The maximum atomic E-state index is 12.2. The topological polar surface area (TPSA) is 32.3 Å². The molecule has 0 bridgehead atoms. The Kier molecular flexibility index (Phi) is 4.57. The first kappa shape index (κ1) is 14.7. The molecule has 2 aromatic rings. The molecule has 0 heterocycles. The predicted octanol–water partition coefficient (Wildman–Crippen LogP) is 3.79. The Balaban J connectivity index is 2.05. The van der Waals surface area contributed by atoms with E-state index in [2.05, 4.69) is 4.74 Å². The van der Waals surface area contributed by atoms with Gasteiger partial charge in [-0.3, -0.25) is 0 Å². The number of hydrogen-bond donors (Lipinski definition) is 0. The molecule has 0 radical (unpaired) electrons. The Morgan fingerprint density at radius 2 is 1.45 bits per heavy atom. The summed E-state index contributed by atoms with van der Waals surface area (Å²) in [7, 11) is 0. The van der Waals surface area contributed by atoms with Crippen molar-refractivity contribution in [2.24, 2.45) is 0 Å². The fraction of sp³-hybridized carbons (Fsp3) is 0.143. The van der Waals surface area contributed by atoms with E-state index in [0.717, 1.165) is 0 Å². The third-order valence-corrected chi connectivity index (χ3v) is 3.80. The highest BCUT2D eigenvalue weighted by molar-refractivity contribution is 7.91. The number of ether oxygens (including phenoxy) is 1. The SMILES string of the molecule is [O-][S+](c1ccccc1)c1ccc(OCC(F)(F)F)cc1. The summed E-state index contributed by atoms with van der Waals surface area (Å²) in [5.74, 6) is 0.0936. The number of rotatable bonds is 4. The van der Waals surface area contributed by atoms with Crippen molar-refractivity contribution >= 4 is 11.2 Å². The van der Waals surface area contributed by atoms with Crippen LogP contribution >= 0.6 is 0 Å². The fourth-order valence-corrected chi connectivity index (χ4v) is 2.56. The van der Waals surface area contributed by atoms with Gasteiger partial charge in [0.05, 0.1) is 0 Å². The van der Waals surface area contributed by atoms with Crippen LogP contribution < -0.4 is 4.74 Å². The molecule has 0 aliphatic carbocycles. The van der Waals surface area contributed by atoms with Gasteiger partial charge in [-0.15, -0.1) is 0 Å². The molecule has 2 rings (SSSR count). The third kappa shape index (κ3) is 4.18. The van der Waals surface area contributed by atoms with Crippen molar-refractivity contribution in [2.45, 2.75) is 16.0 Å². The molecule has 0 N–H and O–H groups in total. The number of hydrogen-bond acceptors (Lipinski definition) is 2. The summed E-state index contributed by atoms with van der Waals surface area (Å²) in [5.41, 5.74) is 0. The Morgan fingerprint density at radius 3 is 2.00 bits per heavy atom. The van der Waals surface area contributed by atoms with Crippen molar-refractivity contribution in [2.75, 3.05) is 6.61 Å². The fourth-order valence-electron chi connectivity index (χ4n) is 1.50. The second-order valence-corrected chi connectivity index (χ2v) is 5.44. The molecule has 0 aliphatic rings. The van der Waals surface area contributed by atoms with E-state index in [4.69, 9.17) is 0 Å². The van der Waals surface area contributed by atoms with Crippen LogP contribution in [0.3, 0.4) is 0 Å². The Hall–Kier alpha value is -1.66. The molecule has 6 heteroatoms. The molecule has 0 amide bonds. The monoisotopic (exact) mass is 300 g/mol. The second-order valence-electron chi connectivity index (χ2n) is 3.96. The molecule has 1 atom stereocenters. The molecule has 0 aromatic heterocycles. The van der Waals surface area contributed by atoms with E-state index >= 15 is 0 Å². The van der Waals surface area contributed by atoms with Crippen LogP contribution in [0.4, 0.5) is 13.2 Å². The van der Waals surface area contributed by atoms with E-state index in [-0.39, 0.29) is 5.75 Å². The standard InChI is InChI=1S/C14H11F3O2S/c15-14(16,17)10-19-11-6-8-13(9-7-11)20(18)12-4-2-1-3-5-12/h1-9H,10H2. The molecule has 2 nitrogen and oxygen atoms in total.